The summed E-state index contributed by atoms with van der Waals surface area (Å²) in [6.45, 7) is 2.56. The highest BCUT2D eigenvalue weighted by atomic mass is 35.5. The highest BCUT2D eigenvalue weighted by Crippen LogP contribution is 2.33. The van der Waals surface area contributed by atoms with Crippen LogP contribution in [0.3, 0.4) is 0 Å². The molecule has 4 rings (SSSR count). The molecule has 4 nitrogen and oxygen atoms in total. The Bertz CT molecular complexity index is 813. The number of hydrogen-bond acceptors (Lipinski definition) is 3. The quantitative estimate of drug-likeness (QED) is 0.845. The molecule has 1 saturated heterocycles. The number of halogens is 1. The van der Waals surface area contributed by atoms with Gasteiger partial charge in [0.1, 0.15) is 5.75 Å². The van der Waals surface area contributed by atoms with Gasteiger partial charge < -0.3 is 14.9 Å². The molecule has 0 unspecified atom stereocenters. The molecular formula is C21H23ClN2O2. The number of phenolic OH excluding ortho intramolecular Hbond substituents is 1. The number of anilines is 1. The summed E-state index contributed by atoms with van der Waals surface area (Å²) in [4.78, 5) is 17.3. The highest BCUT2D eigenvalue weighted by Gasteiger charge is 2.33. The molecule has 136 valence electrons. The Balaban J connectivity index is 1.55. The van der Waals surface area contributed by atoms with Gasteiger partial charge in [-0.3, -0.25) is 4.79 Å². The molecule has 1 aliphatic heterocycles. The van der Waals surface area contributed by atoms with E-state index in [1.165, 1.54) is 12.8 Å². The second-order valence-corrected chi connectivity index (χ2v) is 7.60. The van der Waals surface area contributed by atoms with Crippen LogP contribution in [-0.2, 0) is 6.54 Å². The molecule has 1 heterocycles. The highest BCUT2D eigenvalue weighted by molar-refractivity contribution is 6.33. The SMILES string of the molecule is O=C(c1ccc(N2CCCC2)c(Cl)c1)N(Cc1cccc(O)c1)C1CC1. The molecule has 0 aromatic heterocycles. The number of phenols is 1. The summed E-state index contributed by atoms with van der Waals surface area (Å²) in [5.74, 6) is 0.231. The van der Waals surface area contributed by atoms with Gasteiger partial charge in [-0.2, -0.15) is 0 Å². The van der Waals surface area contributed by atoms with Crippen molar-refractivity contribution in [3.63, 3.8) is 0 Å². The first-order valence-electron chi connectivity index (χ1n) is 9.25. The van der Waals surface area contributed by atoms with E-state index in [9.17, 15) is 9.90 Å². The Labute approximate surface area is 159 Å². The maximum Gasteiger partial charge on any atom is 0.254 e. The van der Waals surface area contributed by atoms with Crippen molar-refractivity contribution in [2.75, 3.05) is 18.0 Å². The van der Waals surface area contributed by atoms with E-state index in [2.05, 4.69) is 4.90 Å². The van der Waals surface area contributed by atoms with Crippen LogP contribution in [0.4, 0.5) is 5.69 Å². The average molecular weight is 371 g/mol. The van der Waals surface area contributed by atoms with Gasteiger partial charge in [-0.15, -0.1) is 0 Å². The molecule has 2 aromatic carbocycles. The number of nitrogens with zero attached hydrogens (tertiary/aromatic N) is 2. The van der Waals surface area contributed by atoms with Gasteiger partial charge >= 0.3 is 0 Å². The fraction of sp³-hybridized carbons (Fsp3) is 0.381. The number of hydrogen-bond donors (Lipinski definition) is 1. The van der Waals surface area contributed by atoms with Crippen LogP contribution in [0.25, 0.3) is 0 Å². The van der Waals surface area contributed by atoms with Crippen molar-refractivity contribution < 1.29 is 9.90 Å². The van der Waals surface area contributed by atoms with E-state index in [-0.39, 0.29) is 17.7 Å². The fourth-order valence-corrected chi connectivity index (χ4v) is 3.92. The second-order valence-electron chi connectivity index (χ2n) is 7.19. The fourth-order valence-electron chi connectivity index (χ4n) is 3.62. The smallest absolute Gasteiger partial charge is 0.254 e. The minimum Gasteiger partial charge on any atom is -0.508 e. The lowest BCUT2D eigenvalue weighted by Gasteiger charge is -2.24. The molecule has 1 saturated carbocycles. The predicted octanol–water partition coefficient (Wildman–Crippen LogP) is 4.45. The van der Waals surface area contributed by atoms with E-state index in [4.69, 9.17) is 11.6 Å². The first-order chi connectivity index (χ1) is 12.6. The Hall–Kier alpha value is -2.20. The molecule has 1 aliphatic carbocycles. The molecule has 26 heavy (non-hydrogen) atoms. The summed E-state index contributed by atoms with van der Waals surface area (Å²) in [6, 6.07) is 13.0. The van der Waals surface area contributed by atoms with E-state index in [0.717, 1.165) is 37.2 Å². The van der Waals surface area contributed by atoms with Crippen LogP contribution in [0, 0.1) is 0 Å². The van der Waals surface area contributed by atoms with E-state index >= 15 is 0 Å². The summed E-state index contributed by atoms with van der Waals surface area (Å²) >= 11 is 6.49. The van der Waals surface area contributed by atoms with E-state index in [0.29, 0.717) is 17.1 Å². The van der Waals surface area contributed by atoms with Crippen LogP contribution >= 0.6 is 11.6 Å². The lowest BCUT2D eigenvalue weighted by atomic mass is 10.1. The van der Waals surface area contributed by atoms with Crippen molar-refractivity contribution in [3.05, 3.63) is 58.6 Å². The van der Waals surface area contributed by atoms with Crippen LogP contribution in [0.15, 0.2) is 42.5 Å². The van der Waals surface area contributed by atoms with Gasteiger partial charge in [-0.05, 0) is 61.6 Å². The molecule has 0 bridgehead atoms. The number of aromatic hydroxyl groups is 1. The Morgan fingerprint density at radius 2 is 1.92 bits per heavy atom. The molecule has 0 radical (unpaired) electrons. The monoisotopic (exact) mass is 370 g/mol. The minimum absolute atomic E-state index is 0.00529. The first-order valence-corrected chi connectivity index (χ1v) is 9.63. The van der Waals surface area contributed by atoms with E-state index in [1.54, 1.807) is 18.2 Å². The summed E-state index contributed by atoms with van der Waals surface area (Å²) in [5, 5.41) is 10.3. The van der Waals surface area contributed by atoms with E-state index in [1.807, 2.05) is 29.2 Å². The second kappa shape index (κ2) is 7.20. The third-order valence-electron chi connectivity index (χ3n) is 5.15. The van der Waals surface area contributed by atoms with Crippen molar-refractivity contribution >= 4 is 23.2 Å². The lowest BCUT2D eigenvalue weighted by molar-refractivity contribution is 0.0730. The van der Waals surface area contributed by atoms with Gasteiger partial charge in [0.15, 0.2) is 0 Å². The third kappa shape index (κ3) is 3.65. The van der Waals surface area contributed by atoms with Crippen LogP contribution in [-0.4, -0.2) is 35.0 Å². The summed E-state index contributed by atoms with van der Waals surface area (Å²) in [5.41, 5.74) is 2.58. The molecule has 0 spiro atoms. The predicted molar refractivity (Wildman–Crippen MR) is 104 cm³/mol. The number of amides is 1. The maximum absolute atomic E-state index is 13.1. The zero-order valence-corrected chi connectivity index (χ0v) is 15.5. The normalized spacial score (nSPS) is 16.7. The Kier molecular flexibility index (Phi) is 4.77. The topological polar surface area (TPSA) is 43.8 Å². The molecule has 2 aromatic rings. The van der Waals surface area contributed by atoms with Crippen LogP contribution in [0.2, 0.25) is 5.02 Å². The summed E-state index contributed by atoms with van der Waals surface area (Å²) in [7, 11) is 0. The molecular weight excluding hydrogens is 348 g/mol. The molecule has 1 amide bonds. The van der Waals surface area contributed by atoms with Gasteiger partial charge in [-0.25, -0.2) is 0 Å². The minimum atomic E-state index is 0.00529. The van der Waals surface area contributed by atoms with Crippen LogP contribution < -0.4 is 4.90 Å². The number of carbonyl (C=O) groups excluding carboxylic acids is 1. The third-order valence-corrected chi connectivity index (χ3v) is 5.46. The van der Waals surface area contributed by atoms with Gasteiger partial charge in [0, 0.05) is 31.2 Å². The van der Waals surface area contributed by atoms with Gasteiger partial charge in [0.25, 0.3) is 5.91 Å². The Morgan fingerprint density at radius 3 is 2.58 bits per heavy atom. The summed E-state index contributed by atoms with van der Waals surface area (Å²) in [6.07, 6.45) is 4.45. The number of benzene rings is 2. The van der Waals surface area contributed by atoms with Crippen molar-refractivity contribution in [2.24, 2.45) is 0 Å². The number of rotatable bonds is 5. The van der Waals surface area contributed by atoms with Crippen molar-refractivity contribution in [2.45, 2.75) is 38.3 Å². The van der Waals surface area contributed by atoms with Crippen molar-refractivity contribution in [1.82, 2.24) is 4.90 Å². The van der Waals surface area contributed by atoms with Gasteiger partial charge in [0.05, 0.1) is 10.7 Å². The average Bonchev–Trinajstić information content (AvgIpc) is 3.33. The Morgan fingerprint density at radius 1 is 1.15 bits per heavy atom. The largest absolute Gasteiger partial charge is 0.508 e. The molecule has 0 atom stereocenters. The van der Waals surface area contributed by atoms with Crippen LogP contribution in [0.1, 0.15) is 41.6 Å². The van der Waals surface area contributed by atoms with Crippen LogP contribution in [0.5, 0.6) is 5.75 Å². The van der Waals surface area contributed by atoms with Crippen molar-refractivity contribution in [3.8, 4) is 5.75 Å². The molecule has 1 N–H and O–H groups in total. The molecule has 2 fully saturated rings. The number of carbonyl (C=O) groups is 1. The van der Waals surface area contributed by atoms with Crippen molar-refractivity contribution in [1.29, 1.82) is 0 Å². The van der Waals surface area contributed by atoms with E-state index < -0.39 is 0 Å². The standard InChI is InChI=1S/C21H23ClN2O2/c22-19-13-16(6-9-20(19)23-10-1-2-11-23)21(26)24(17-7-8-17)14-15-4-3-5-18(25)12-15/h3-6,9,12-13,17,25H,1-2,7-8,10-11,14H2. The van der Waals surface area contributed by atoms with Gasteiger partial charge in [-0.1, -0.05) is 23.7 Å². The zero-order valence-electron chi connectivity index (χ0n) is 14.7. The summed E-state index contributed by atoms with van der Waals surface area (Å²) < 4.78 is 0. The first kappa shape index (κ1) is 17.2. The van der Waals surface area contributed by atoms with Gasteiger partial charge in [0.2, 0.25) is 0 Å². The molecule has 5 heteroatoms. The maximum atomic E-state index is 13.1. The molecule has 2 aliphatic rings. The lowest BCUT2D eigenvalue weighted by Crippen LogP contribution is -2.32. The zero-order chi connectivity index (χ0) is 18.1.